The lowest BCUT2D eigenvalue weighted by atomic mass is 10.0. The highest BCUT2D eigenvalue weighted by Gasteiger charge is 2.40. The third kappa shape index (κ3) is 5.45. The van der Waals surface area contributed by atoms with Crippen LogP contribution in [0, 0.1) is 5.82 Å². The number of carbonyl (C=O) groups is 1. The number of nitrogens with one attached hydrogen (secondary N) is 1. The van der Waals surface area contributed by atoms with E-state index in [1.807, 2.05) is 24.4 Å². The molecule has 1 N–H and O–H groups in total. The third-order valence-corrected chi connectivity index (χ3v) is 5.66. The van der Waals surface area contributed by atoms with Gasteiger partial charge in [0.05, 0.1) is 23.4 Å². The van der Waals surface area contributed by atoms with E-state index in [0.717, 1.165) is 22.9 Å². The van der Waals surface area contributed by atoms with Crippen LogP contribution in [0.4, 0.5) is 17.6 Å². The molecule has 1 aromatic heterocycles. The van der Waals surface area contributed by atoms with Gasteiger partial charge in [0.15, 0.2) is 0 Å². The van der Waals surface area contributed by atoms with Gasteiger partial charge in [0.1, 0.15) is 17.7 Å². The highest BCUT2D eigenvalue weighted by molar-refractivity contribution is 5.82. The van der Waals surface area contributed by atoms with Crippen molar-refractivity contribution in [2.45, 2.75) is 38.6 Å². The maximum atomic E-state index is 13.3. The van der Waals surface area contributed by atoms with Crippen molar-refractivity contribution in [3.63, 3.8) is 0 Å². The average molecular weight is 485 g/mol. The second-order valence-corrected chi connectivity index (χ2v) is 8.15. The minimum absolute atomic E-state index is 0.356. The number of alkyl halides is 3. The molecule has 0 bridgehead atoms. The molecule has 0 unspecified atom stereocenters. The van der Waals surface area contributed by atoms with Gasteiger partial charge in [-0.1, -0.05) is 31.2 Å². The highest BCUT2D eigenvalue weighted by atomic mass is 19.4. The van der Waals surface area contributed by atoms with E-state index in [1.54, 1.807) is 53.3 Å². The maximum absolute atomic E-state index is 13.3. The summed E-state index contributed by atoms with van der Waals surface area (Å²) in [5, 5.41) is 7.07. The van der Waals surface area contributed by atoms with Gasteiger partial charge >= 0.3 is 12.1 Å². The molecule has 1 amide bonds. The molecule has 5 nitrogen and oxygen atoms in total. The fourth-order valence-electron chi connectivity index (χ4n) is 3.79. The molecule has 4 aromatic rings. The SMILES string of the molecule is CCc1ccc([C@@H](Oc2ccc3c(cnn3-c3ccc(F)cc3)c2)[C@H](C)NC(=O)C(F)(F)F)cc1. The van der Waals surface area contributed by atoms with Gasteiger partial charge in [0.2, 0.25) is 0 Å². The first-order valence-corrected chi connectivity index (χ1v) is 11.0. The van der Waals surface area contributed by atoms with Crippen LogP contribution < -0.4 is 10.1 Å². The number of halogens is 4. The zero-order valence-corrected chi connectivity index (χ0v) is 19.0. The third-order valence-electron chi connectivity index (χ3n) is 5.66. The van der Waals surface area contributed by atoms with Crippen molar-refractivity contribution in [1.29, 1.82) is 0 Å². The minimum atomic E-state index is -5.00. The Balaban J connectivity index is 1.64. The lowest BCUT2D eigenvalue weighted by molar-refractivity contribution is -0.174. The number of ether oxygens (including phenoxy) is 1. The number of hydrogen-bond acceptors (Lipinski definition) is 3. The molecular formula is C26H23F4N3O2. The molecule has 0 aliphatic carbocycles. The highest BCUT2D eigenvalue weighted by Crippen LogP contribution is 2.30. The Labute approximate surface area is 199 Å². The summed E-state index contributed by atoms with van der Waals surface area (Å²) >= 11 is 0. The van der Waals surface area contributed by atoms with Crippen molar-refractivity contribution in [2.75, 3.05) is 0 Å². The number of carbonyl (C=O) groups excluding carboxylic acids is 1. The number of benzene rings is 3. The summed E-state index contributed by atoms with van der Waals surface area (Å²) in [5.41, 5.74) is 3.10. The summed E-state index contributed by atoms with van der Waals surface area (Å²) in [6.07, 6.45) is -3.46. The van der Waals surface area contributed by atoms with Crippen molar-refractivity contribution in [3.05, 3.63) is 89.9 Å². The quantitative estimate of drug-likeness (QED) is 0.331. The summed E-state index contributed by atoms with van der Waals surface area (Å²) in [5.74, 6) is -1.99. The van der Waals surface area contributed by atoms with E-state index in [1.165, 1.54) is 19.1 Å². The van der Waals surface area contributed by atoms with Crippen LogP contribution in [0.5, 0.6) is 5.75 Å². The minimum Gasteiger partial charge on any atom is -0.484 e. The summed E-state index contributed by atoms with van der Waals surface area (Å²) in [7, 11) is 0. The molecule has 0 fully saturated rings. The van der Waals surface area contributed by atoms with Crippen molar-refractivity contribution >= 4 is 16.8 Å². The number of aryl methyl sites for hydroxylation is 1. The van der Waals surface area contributed by atoms with Crippen molar-refractivity contribution in [2.24, 2.45) is 0 Å². The molecule has 9 heteroatoms. The standard InChI is InChI=1S/C26H23F4N3O2/c1-3-17-4-6-18(7-5-17)24(16(2)32-25(34)26(28,29)30)35-22-12-13-23-19(14-22)15-31-33(23)21-10-8-20(27)9-11-21/h4-16,24H,3H2,1-2H3,(H,32,34)/t16-,24-/m0/s1. The van der Waals surface area contributed by atoms with Crippen LogP contribution in [0.15, 0.2) is 72.9 Å². The molecule has 182 valence electrons. The zero-order chi connectivity index (χ0) is 25.2. The number of aromatic nitrogens is 2. The van der Waals surface area contributed by atoms with E-state index >= 15 is 0 Å². The Morgan fingerprint density at radius 1 is 1.06 bits per heavy atom. The summed E-state index contributed by atoms with van der Waals surface area (Å²) in [4.78, 5) is 11.6. The molecule has 0 radical (unpaired) electrons. The molecule has 4 rings (SSSR count). The maximum Gasteiger partial charge on any atom is 0.471 e. The van der Waals surface area contributed by atoms with Crippen LogP contribution in [0.2, 0.25) is 0 Å². The van der Waals surface area contributed by atoms with E-state index in [-0.39, 0.29) is 5.82 Å². The second-order valence-electron chi connectivity index (χ2n) is 8.15. The molecule has 0 saturated carbocycles. The van der Waals surface area contributed by atoms with E-state index < -0.39 is 24.2 Å². The predicted molar refractivity (Wildman–Crippen MR) is 124 cm³/mol. The van der Waals surface area contributed by atoms with Crippen molar-refractivity contribution in [1.82, 2.24) is 15.1 Å². The Kier molecular flexibility index (Phi) is 6.77. The van der Waals surface area contributed by atoms with E-state index in [4.69, 9.17) is 4.74 Å². The average Bonchev–Trinajstić information content (AvgIpc) is 3.25. The molecular weight excluding hydrogens is 462 g/mol. The summed E-state index contributed by atoms with van der Waals surface area (Å²) in [6, 6.07) is 17.4. The molecule has 35 heavy (non-hydrogen) atoms. The van der Waals surface area contributed by atoms with Gasteiger partial charge in [-0.2, -0.15) is 18.3 Å². The Bertz CT molecular complexity index is 1320. The number of rotatable bonds is 7. The van der Waals surface area contributed by atoms with Crippen LogP contribution >= 0.6 is 0 Å². The first kappa shape index (κ1) is 24.3. The van der Waals surface area contributed by atoms with Gasteiger partial charge in [-0.25, -0.2) is 9.07 Å². The molecule has 0 aliphatic rings. The molecule has 0 saturated heterocycles. The van der Waals surface area contributed by atoms with Gasteiger partial charge in [0, 0.05) is 5.39 Å². The lowest BCUT2D eigenvalue weighted by Crippen LogP contribution is -2.45. The predicted octanol–water partition coefficient (Wildman–Crippen LogP) is 5.91. The number of fused-ring (bicyclic) bond motifs is 1. The fraction of sp³-hybridized carbons (Fsp3) is 0.231. The van der Waals surface area contributed by atoms with Crippen LogP contribution in [0.1, 0.15) is 31.1 Å². The van der Waals surface area contributed by atoms with Gasteiger partial charge in [0.25, 0.3) is 0 Å². The number of nitrogens with zero attached hydrogens (tertiary/aromatic N) is 2. The second kappa shape index (κ2) is 9.77. The normalized spacial score (nSPS) is 13.4. The Morgan fingerprint density at radius 3 is 2.37 bits per heavy atom. The van der Waals surface area contributed by atoms with Crippen LogP contribution in [0.3, 0.4) is 0 Å². The van der Waals surface area contributed by atoms with E-state index in [2.05, 4.69) is 5.10 Å². The molecule has 3 aromatic carbocycles. The van der Waals surface area contributed by atoms with Crippen molar-refractivity contribution in [3.8, 4) is 11.4 Å². The fourth-order valence-corrected chi connectivity index (χ4v) is 3.79. The molecule has 0 aliphatic heterocycles. The lowest BCUT2D eigenvalue weighted by Gasteiger charge is -2.27. The summed E-state index contributed by atoms with van der Waals surface area (Å²) < 4.78 is 59.6. The molecule has 1 heterocycles. The smallest absolute Gasteiger partial charge is 0.471 e. The Morgan fingerprint density at radius 2 is 1.74 bits per heavy atom. The first-order valence-electron chi connectivity index (χ1n) is 11.0. The molecule has 2 atom stereocenters. The number of hydrogen-bond donors (Lipinski definition) is 1. The first-order chi connectivity index (χ1) is 16.7. The van der Waals surface area contributed by atoms with Crippen LogP contribution in [-0.2, 0) is 11.2 Å². The van der Waals surface area contributed by atoms with Gasteiger partial charge < -0.3 is 10.1 Å². The topological polar surface area (TPSA) is 56.1 Å². The largest absolute Gasteiger partial charge is 0.484 e. The van der Waals surface area contributed by atoms with E-state index in [0.29, 0.717) is 17.0 Å². The van der Waals surface area contributed by atoms with Crippen LogP contribution in [0.25, 0.3) is 16.6 Å². The zero-order valence-electron chi connectivity index (χ0n) is 19.0. The van der Waals surface area contributed by atoms with Gasteiger partial charge in [-0.3, -0.25) is 4.79 Å². The molecule has 0 spiro atoms. The summed E-state index contributed by atoms with van der Waals surface area (Å²) in [6.45, 7) is 3.46. The van der Waals surface area contributed by atoms with Crippen LogP contribution in [-0.4, -0.2) is 27.9 Å². The van der Waals surface area contributed by atoms with E-state index in [9.17, 15) is 22.4 Å². The monoisotopic (exact) mass is 485 g/mol. The van der Waals surface area contributed by atoms with Gasteiger partial charge in [-0.05, 0) is 66.9 Å². The van der Waals surface area contributed by atoms with Gasteiger partial charge in [-0.15, -0.1) is 0 Å². The number of amides is 1. The Hall–Kier alpha value is -3.88. The van der Waals surface area contributed by atoms with Crippen molar-refractivity contribution < 1.29 is 27.1 Å².